The molecule has 0 bridgehead atoms. The summed E-state index contributed by atoms with van der Waals surface area (Å²) in [5.41, 5.74) is 1.03. The third kappa shape index (κ3) is 1.78. The Morgan fingerprint density at radius 2 is 2.00 bits per heavy atom. The highest BCUT2D eigenvalue weighted by molar-refractivity contribution is 14.1. The Bertz CT molecular complexity index is 149. The number of Topliss-reactive ketones (excluding diaryl/α,β-unsaturated/α-hetero) is 1. The lowest BCUT2D eigenvalue weighted by molar-refractivity contribution is -0.116. The Morgan fingerprint density at radius 1 is 1.33 bits per heavy atom. The molecule has 9 heavy (non-hydrogen) atoms. The van der Waals surface area contributed by atoms with Crippen molar-refractivity contribution in [3.05, 3.63) is 9.66 Å². The van der Waals surface area contributed by atoms with E-state index in [2.05, 4.69) is 22.6 Å². The van der Waals surface area contributed by atoms with Gasteiger partial charge in [-0.05, 0) is 23.3 Å². The third-order valence-corrected chi connectivity index (χ3v) is 2.34. The van der Waals surface area contributed by atoms with E-state index in [-0.39, 0.29) is 0 Å². The van der Waals surface area contributed by atoms with Crippen molar-refractivity contribution in [2.75, 3.05) is 0 Å². The molecule has 0 amide bonds. The molecular weight excluding hydrogens is 227 g/mol. The average molecular weight is 236 g/mol. The van der Waals surface area contributed by atoms with Crippen LogP contribution < -0.4 is 0 Å². The summed E-state index contributed by atoms with van der Waals surface area (Å²) >= 11 is 2.14. The predicted molar refractivity (Wildman–Crippen MR) is 45.6 cm³/mol. The first-order chi connectivity index (χ1) is 4.34. The molecule has 0 saturated heterocycles. The maximum Gasteiger partial charge on any atom is 0.159 e. The zero-order valence-electron chi connectivity index (χ0n) is 5.19. The Balaban J connectivity index is 2.60. The minimum Gasteiger partial charge on any atom is -0.295 e. The van der Waals surface area contributed by atoms with Crippen molar-refractivity contribution < 1.29 is 4.79 Å². The van der Waals surface area contributed by atoms with Gasteiger partial charge in [0.05, 0.1) is 0 Å². The monoisotopic (exact) mass is 236 g/mol. The van der Waals surface area contributed by atoms with Crippen LogP contribution in [-0.2, 0) is 4.79 Å². The molecule has 1 aliphatic rings. The quantitative estimate of drug-likeness (QED) is 0.466. The molecule has 0 spiro atoms. The van der Waals surface area contributed by atoms with Crippen molar-refractivity contribution in [3.8, 4) is 0 Å². The van der Waals surface area contributed by atoms with Gasteiger partial charge >= 0.3 is 0 Å². The molecule has 0 atom stereocenters. The van der Waals surface area contributed by atoms with Crippen LogP contribution in [0.25, 0.3) is 0 Å². The minimum atomic E-state index is 0.357. The second kappa shape index (κ2) is 3.34. The van der Waals surface area contributed by atoms with Crippen molar-refractivity contribution in [2.45, 2.75) is 25.7 Å². The molecular formula is C7H9IO. The van der Waals surface area contributed by atoms with Crippen molar-refractivity contribution in [2.24, 2.45) is 0 Å². The molecule has 1 nitrogen and oxygen atoms in total. The van der Waals surface area contributed by atoms with E-state index in [1.165, 1.54) is 6.42 Å². The fourth-order valence-electron chi connectivity index (χ4n) is 1.02. The number of carbonyl (C=O) groups is 1. The van der Waals surface area contributed by atoms with Gasteiger partial charge in [-0.1, -0.05) is 22.6 Å². The summed E-state index contributed by atoms with van der Waals surface area (Å²) in [7, 11) is 0. The molecule has 1 aliphatic carbocycles. The van der Waals surface area contributed by atoms with Gasteiger partial charge in [0.2, 0.25) is 0 Å². The van der Waals surface area contributed by atoms with Gasteiger partial charge in [0.25, 0.3) is 0 Å². The first kappa shape index (κ1) is 7.25. The van der Waals surface area contributed by atoms with Gasteiger partial charge in [-0.2, -0.15) is 0 Å². The maximum absolute atomic E-state index is 11.0. The van der Waals surface area contributed by atoms with Crippen molar-refractivity contribution in [1.82, 2.24) is 0 Å². The van der Waals surface area contributed by atoms with Crippen LogP contribution >= 0.6 is 22.6 Å². The van der Waals surface area contributed by atoms with Crippen LogP contribution in [0.1, 0.15) is 25.7 Å². The highest BCUT2D eigenvalue weighted by atomic mass is 127. The summed E-state index contributed by atoms with van der Waals surface area (Å²) in [4.78, 5) is 11.0. The highest BCUT2D eigenvalue weighted by Crippen LogP contribution is 2.20. The topological polar surface area (TPSA) is 17.1 Å². The predicted octanol–water partition coefficient (Wildman–Crippen LogP) is 2.45. The summed E-state index contributed by atoms with van der Waals surface area (Å²) in [6.07, 6.45) is 4.06. The molecule has 50 valence electrons. The fraction of sp³-hybridized carbons (Fsp3) is 0.571. The molecule has 0 aromatic heterocycles. The highest BCUT2D eigenvalue weighted by Gasteiger charge is 2.12. The van der Waals surface area contributed by atoms with Crippen LogP contribution in [-0.4, -0.2) is 5.78 Å². The SMILES string of the molecule is O=C1CCCCC1=CI. The summed E-state index contributed by atoms with van der Waals surface area (Å²) in [5, 5.41) is 0. The number of hydrogen-bond acceptors (Lipinski definition) is 1. The molecule has 0 unspecified atom stereocenters. The van der Waals surface area contributed by atoms with E-state index < -0.39 is 0 Å². The molecule has 1 rings (SSSR count). The molecule has 0 heterocycles. The van der Waals surface area contributed by atoms with Gasteiger partial charge < -0.3 is 0 Å². The van der Waals surface area contributed by atoms with Crippen molar-refractivity contribution in [1.29, 1.82) is 0 Å². The number of hydrogen-bond donors (Lipinski definition) is 0. The number of carbonyl (C=O) groups excluding carboxylic acids is 1. The molecule has 0 radical (unpaired) electrons. The molecule has 0 N–H and O–H groups in total. The Labute approximate surface area is 68.7 Å². The van der Waals surface area contributed by atoms with Crippen LogP contribution in [0.4, 0.5) is 0 Å². The van der Waals surface area contributed by atoms with E-state index >= 15 is 0 Å². The average Bonchev–Trinajstić information content (AvgIpc) is 1.89. The molecule has 1 fully saturated rings. The van der Waals surface area contributed by atoms with Crippen LogP contribution in [0.15, 0.2) is 9.66 Å². The molecule has 0 aromatic carbocycles. The van der Waals surface area contributed by atoms with Crippen molar-refractivity contribution >= 4 is 28.4 Å². The fourth-order valence-corrected chi connectivity index (χ4v) is 1.68. The van der Waals surface area contributed by atoms with E-state index in [0.29, 0.717) is 5.78 Å². The lowest BCUT2D eigenvalue weighted by Gasteiger charge is -2.10. The number of ketones is 1. The van der Waals surface area contributed by atoms with Gasteiger partial charge in [0.1, 0.15) is 0 Å². The largest absolute Gasteiger partial charge is 0.295 e. The van der Waals surface area contributed by atoms with E-state index in [9.17, 15) is 4.79 Å². The smallest absolute Gasteiger partial charge is 0.159 e. The third-order valence-electron chi connectivity index (χ3n) is 1.59. The van der Waals surface area contributed by atoms with Gasteiger partial charge in [-0.15, -0.1) is 0 Å². The molecule has 1 saturated carbocycles. The lowest BCUT2D eigenvalue weighted by Crippen LogP contribution is -2.07. The first-order valence-corrected chi connectivity index (χ1v) is 4.41. The zero-order chi connectivity index (χ0) is 6.69. The number of allylic oxidation sites excluding steroid dienone is 1. The standard InChI is InChI=1S/C7H9IO/c8-5-6-3-1-2-4-7(6)9/h5H,1-4H2. The lowest BCUT2D eigenvalue weighted by atomic mass is 9.95. The number of halogens is 1. The minimum absolute atomic E-state index is 0.357. The summed E-state index contributed by atoms with van der Waals surface area (Å²) in [6.45, 7) is 0. The Morgan fingerprint density at radius 3 is 2.44 bits per heavy atom. The normalized spacial score (nSPS) is 25.0. The van der Waals surface area contributed by atoms with Crippen molar-refractivity contribution in [3.63, 3.8) is 0 Å². The van der Waals surface area contributed by atoms with Crippen LogP contribution in [0.3, 0.4) is 0 Å². The second-order valence-electron chi connectivity index (χ2n) is 2.26. The van der Waals surface area contributed by atoms with Gasteiger partial charge in [0, 0.05) is 12.0 Å². The maximum atomic E-state index is 11.0. The van der Waals surface area contributed by atoms with E-state index in [1.807, 2.05) is 4.08 Å². The van der Waals surface area contributed by atoms with E-state index in [4.69, 9.17) is 0 Å². The van der Waals surface area contributed by atoms with E-state index in [0.717, 1.165) is 24.8 Å². The summed E-state index contributed by atoms with van der Waals surface area (Å²) in [6, 6.07) is 0. The van der Waals surface area contributed by atoms with Gasteiger partial charge in [-0.3, -0.25) is 4.79 Å². The summed E-state index contributed by atoms with van der Waals surface area (Å²) in [5.74, 6) is 0.357. The zero-order valence-corrected chi connectivity index (χ0v) is 7.35. The number of rotatable bonds is 0. The van der Waals surface area contributed by atoms with Gasteiger partial charge in [-0.25, -0.2) is 0 Å². The molecule has 0 aromatic rings. The molecule has 2 heteroatoms. The van der Waals surface area contributed by atoms with E-state index in [1.54, 1.807) is 0 Å². The Hall–Kier alpha value is 0.140. The second-order valence-corrected chi connectivity index (χ2v) is 2.89. The van der Waals surface area contributed by atoms with Crippen LogP contribution in [0.5, 0.6) is 0 Å². The van der Waals surface area contributed by atoms with Gasteiger partial charge in [0.15, 0.2) is 5.78 Å². The Kier molecular flexibility index (Phi) is 2.69. The van der Waals surface area contributed by atoms with Crippen LogP contribution in [0, 0.1) is 0 Å². The summed E-state index contributed by atoms with van der Waals surface area (Å²) < 4.78 is 1.92. The first-order valence-electron chi connectivity index (χ1n) is 3.17. The van der Waals surface area contributed by atoms with Crippen LogP contribution in [0.2, 0.25) is 0 Å². The molecule has 0 aliphatic heterocycles.